The molecule has 0 unspecified atom stereocenters. The molecule has 2 atom stereocenters. The van der Waals surface area contributed by atoms with Crippen molar-refractivity contribution >= 4 is 5.91 Å². The molecule has 1 spiro atoms. The molecule has 1 heterocycles. The molecular formula is C18H27N3O3. The van der Waals surface area contributed by atoms with Crippen LogP contribution in [0, 0.1) is 19.3 Å². The summed E-state index contributed by atoms with van der Waals surface area (Å²) < 4.78 is 7.13. The summed E-state index contributed by atoms with van der Waals surface area (Å²) >= 11 is 0. The average molecular weight is 333 g/mol. The minimum atomic E-state index is -0.336. The number of aromatic nitrogens is 2. The maximum absolute atomic E-state index is 12.8. The molecule has 1 aromatic rings. The molecular weight excluding hydrogens is 306 g/mol. The molecule has 1 N–H and O–H groups in total. The fraction of sp³-hybridized carbons (Fsp3) is 0.722. The van der Waals surface area contributed by atoms with E-state index in [4.69, 9.17) is 4.74 Å². The van der Waals surface area contributed by atoms with Crippen molar-refractivity contribution < 1.29 is 9.53 Å². The number of hydrogen-bond donors (Lipinski definition) is 1. The molecule has 2 fully saturated rings. The Balaban J connectivity index is 1.83. The second-order valence-electron chi connectivity index (χ2n) is 7.16. The van der Waals surface area contributed by atoms with Gasteiger partial charge in [-0.3, -0.25) is 9.59 Å². The van der Waals surface area contributed by atoms with Crippen molar-refractivity contribution in [1.82, 2.24) is 15.1 Å². The van der Waals surface area contributed by atoms with Crippen LogP contribution in [0.4, 0.5) is 0 Å². The Morgan fingerprint density at radius 3 is 2.67 bits per heavy atom. The van der Waals surface area contributed by atoms with Crippen LogP contribution in [-0.2, 0) is 11.8 Å². The van der Waals surface area contributed by atoms with Gasteiger partial charge in [0.05, 0.1) is 11.8 Å². The lowest BCUT2D eigenvalue weighted by atomic mass is 9.60. The van der Waals surface area contributed by atoms with Crippen LogP contribution in [0.15, 0.2) is 4.79 Å². The number of amides is 1. The van der Waals surface area contributed by atoms with Crippen molar-refractivity contribution in [1.29, 1.82) is 0 Å². The maximum atomic E-state index is 12.8. The van der Waals surface area contributed by atoms with E-state index < -0.39 is 0 Å². The Bertz CT molecular complexity index is 704. The molecule has 2 aliphatic rings. The third-order valence-electron chi connectivity index (χ3n) is 5.95. The Morgan fingerprint density at radius 2 is 2.04 bits per heavy atom. The van der Waals surface area contributed by atoms with Crippen molar-refractivity contribution in [2.75, 3.05) is 6.61 Å². The Kier molecular flexibility index (Phi) is 4.51. The van der Waals surface area contributed by atoms with Gasteiger partial charge < -0.3 is 10.1 Å². The van der Waals surface area contributed by atoms with Crippen molar-refractivity contribution in [3.8, 4) is 0 Å². The van der Waals surface area contributed by atoms with E-state index in [1.165, 1.54) is 17.5 Å². The molecule has 0 aliphatic heterocycles. The summed E-state index contributed by atoms with van der Waals surface area (Å²) in [5, 5.41) is 7.27. The highest BCUT2D eigenvalue weighted by atomic mass is 16.5. The van der Waals surface area contributed by atoms with Gasteiger partial charge in [0.25, 0.3) is 11.5 Å². The largest absolute Gasteiger partial charge is 0.378 e. The molecule has 1 aromatic heterocycles. The van der Waals surface area contributed by atoms with Crippen molar-refractivity contribution in [3.63, 3.8) is 0 Å². The normalized spacial score (nSPS) is 24.8. The minimum absolute atomic E-state index is 0.0624. The lowest BCUT2D eigenvalue weighted by molar-refractivity contribution is -0.127. The van der Waals surface area contributed by atoms with E-state index in [2.05, 4.69) is 10.4 Å². The summed E-state index contributed by atoms with van der Waals surface area (Å²) in [5.41, 5.74) is 1.32. The smallest absolute Gasteiger partial charge is 0.279 e. The number of nitrogens with one attached hydrogen (secondary N) is 1. The molecule has 0 saturated heterocycles. The third-order valence-corrected chi connectivity index (χ3v) is 5.95. The van der Waals surface area contributed by atoms with Crippen LogP contribution in [0.2, 0.25) is 0 Å². The molecule has 24 heavy (non-hydrogen) atoms. The van der Waals surface area contributed by atoms with E-state index >= 15 is 0 Å². The summed E-state index contributed by atoms with van der Waals surface area (Å²) in [6.45, 7) is 6.32. The van der Waals surface area contributed by atoms with Gasteiger partial charge in [-0.25, -0.2) is 4.68 Å². The molecule has 2 aliphatic carbocycles. The minimum Gasteiger partial charge on any atom is -0.378 e. The van der Waals surface area contributed by atoms with Gasteiger partial charge in [-0.2, -0.15) is 5.10 Å². The SMILES string of the molecule is CCO[C@@H]1C[C@@H](NC(=O)c2c(C)c(C)nn(C)c2=O)C12CCCC2. The van der Waals surface area contributed by atoms with Gasteiger partial charge in [-0.1, -0.05) is 12.8 Å². The number of aryl methyl sites for hydroxylation is 2. The van der Waals surface area contributed by atoms with Crippen molar-refractivity contribution in [2.45, 2.75) is 65.0 Å². The fourth-order valence-electron chi connectivity index (χ4n) is 4.44. The Morgan fingerprint density at radius 1 is 1.38 bits per heavy atom. The molecule has 3 rings (SSSR count). The van der Waals surface area contributed by atoms with E-state index in [1.54, 1.807) is 14.0 Å². The van der Waals surface area contributed by atoms with Gasteiger partial charge in [-0.05, 0) is 45.6 Å². The van der Waals surface area contributed by atoms with Crippen molar-refractivity contribution in [2.24, 2.45) is 12.5 Å². The lowest BCUT2D eigenvalue weighted by Crippen LogP contribution is -2.64. The molecule has 132 valence electrons. The zero-order valence-corrected chi connectivity index (χ0v) is 15.0. The van der Waals surface area contributed by atoms with Crippen LogP contribution >= 0.6 is 0 Å². The second kappa shape index (κ2) is 6.31. The van der Waals surface area contributed by atoms with E-state index in [0.29, 0.717) is 17.9 Å². The molecule has 6 heteroatoms. The molecule has 2 saturated carbocycles. The van der Waals surface area contributed by atoms with E-state index in [1.807, 2.05) is 13.8 Å². The highest BCUT2D eigenvalue weighted by molar-refractivity contribution is 5.95. The van der Waals surface area contributed by atoms with Gasteiger partial charge in [0.1, 0.15) is 5.56 Å². The standard InChI is InChI=1S/C18H27N3O3/c1-5-24-14-10-13(18(14)8-6-7-9-18)19-16(22)15-11(2)12(3)20-21(4)17(15)23/h13-14H,5-10H2,1-4H3,(H,19,22)/t13-,14-/m1/s1. The zero-order chi connectivity index (χ0) is 17.5. The lowest BCUT2D eigenvalue weighted by Gasteiger charge is -2.54. The zero-order valence-electron chi connectivity index (χ0n) is 15.0. The molecule has 0 radical (unpaired) electrons. The summed E-state index contributed by atoms with van der Waals surface area (Å²) in [6, 6.07) is 0.0987. The Labute approximate surface area is 142 Å². The van der Waals surface area contributed by atoms with Crippen LogP contribution in [-0.4, -0.2) is 34.4 Å². The first kappa shape index (κ1) is 17.1. The number of nitrogens with zero attached hydrogens (tertiary/aromatic N) is 2. The average Bonchev–Trinajstić information content (AvgIpc) is 3.05. The first-order valence-corrected chi connectivity index (χ1v) is 8.87. The molecule has 0 aromatic carbocycles. The van der Waals surface area contributed by atoms with Gasteiger partial charge in [0, 0.05) is 25.1 Å². The second-order valence-corrected chi connectivity index (χ2v) is 7.16. The summed E-state index contributed by atoms with van der Waals surface area (Å²) in [6.07, 6.45) is 5.63. The van der Waals surface area contributed by atoms with E-state index in [0.717, 1.165) is 19.3 Å². The quantitative estimate of drug-likeness (QED) is 0.913. The first-order chi connectivity index (χ1) is 11.4. The van der Waals surface area contributed by atoms with Crippen LogP contribution in [0.3, 0.4) is 0 Å². The molecule has 0 bridgehead atoms. The first-order valence-electron chi connectivity index (χ1n) is 8.87. The third kappa shape index (κ3) is 2.57. The highest BCUT2D eigenvalue weighted by Crippen LogP contribution is 2.54. The topological polar surface area (TPSA) is 73.2 Å². The summed E-state index contributed by atoms with van der Waals surface area (Å²) in [7, 11) is 1.58. The highest BCUT2D eigenvalue weighted by Gasteiger charge is 2.57. The Hall–Kier alpha value is -1.69. The number of ether oxygens (including phenoxy) is 1. The fourth-order valence-corrected chi connectivity index (χ4v) is 4.44. The van der Waals surface area contributed by atoms with Crippen LogP contribution in [0.5, 0.6) is 0 Å². The van der Waals surface area contributed by atoms with Crippen LogP contribution < -0.4 is 10.9 Å². The predicted molar refractivity (Wildman–Crippen MR) is 91.1 cm³/mol. The van der Waals surface area contributed by atoms with Gasteiger partial charge in [0.2, 0.25) is 0 Å². The van der Waals surface area contributed by atoms with Gasteiger partial charge in [0.15, 0.2) is 0 Å². The predicted octanol–water partition coefficient (Wildman–Crippen LogP) is 1.86. The monoisotopic (exact) mass is 333 g/mol. The van der Waals surface area contributed by atoms with Gasteiger partial charge in [-0.15, -0.1) is 0 Å². The van der Waals surface area contributed by atoms with Crippen LogP contribution in [0.1, 0.15) is 60.6 Å². The number of hydrogen-bond acceptors (Lipinski definition) is 4. The van der Waals surface area contributed by atoms with Crippen LogP contribution in [0.25, 0.3) is 0 Å². The van der Waals surface area contributed by atoms with E-state index in [9.17, 15) is 9.59 Å². The van der Waals surface area contributed by atoms with Crippen molar-refractivity contribution in [3.05, 3.63) is 27.2 Å². The number of rotatable bonds is 4. The summed E-state index contributed by atoms with van der Waals surface area (Å²) in [4.78, 5) is 25.2. The summed E-state index contributed by atoms with van der Waals surface area (Å²) in [5.74, 6) is -0.273. The number of carbonyl (C=O) groups excluding carboxylic acids is 1. The van der Waals surface area contributed by atoms with E-state index in [-0.39, 0.29) is 34.6 Å². The molecule has 1 amide bonds. The van der Waals surface area contributed by atoms with Gasteiger partial charge >= 0.3 is 0 Å². The molecule has 6 nitrogen and oxygen atoms in total. The number of carbonyl (C=O) groups is 1. The maximum Gasteiger partial charge on any atom is 0.279 e.